The Morgan fingerprint density at radius 2 is 2.17 bits per heavy atom. The Balaban J connectivity index is 1.48. The van der Waals surface area contributed by atoms with Gasteiger partial charge in [-0.15, -0.1) is 0 Å². The number of hydrogen-bond donors (Lipinski definition) is 2. The lowest BCUT2D eigenvalue weighted by Gasteiger charge is -2.13. The number of anilines is 1. The zero-order valence-corrected chi connectivity index (χ0v) is 13.2. The van der Waals surface area contributed by atoms with E-state index in [1.54, 1.807) is 6.20 Å². The number of H-pyrrole nitrogens is 1. The van der Waals surface area contributed by atoms with Crippen molar-refractivity contribution in [2.24, 2.45) is 0 Å². The summed E-state index contributed by atoms with van der Waals surface area (Å²) < 4.78 is 5.73. The molecule has 5 nitrogen and oxygen atoms in total. The van der Waals surface area contributed by atoms with E-state index in [1.807, 2.05) is 55.6 Å². The summed E-state index contributed by atoms with van der Waals surface area (Å²) in [7, 11) is 0. The lowest BCUT2D eigenvalue weighted by atomic mass is 10.0. The minimum absolute atomic E-state index is 0.123. The molecule has 0 fully saturated rings. The van der Waals surface area contributed by atoms with Gasteiger partial charge in [-0.3, -0.25) is 9.89 Å². The van der Waals surface area contributed by atoms with Gasteiger partial charge in [0.1, 0.15) is 5.75 Å². The first-order chi connectivity index (χ1) is 11.7. The molecule has 0 spiro atoms. The molecule has 1 aliphatic heterocycles. The van der Waals surface area contributed by atoms with Crippen molar-refractivity contribution in [2.45, 2.75) is 19.4 Å². The van der Waals surface area contributed by atoms with Gasteiger partial charge in [0.25, 0.3) is 5.91 Å². The average molecular weight is 319 g/mol. The molecule has 120 valence electrons. The summed E-state index contributed by atoms with van der Waals surface area (Å²) in [5, 5.41) is 9.73. The highest BCUT2D eigenvalue weighted by Crippen LogP contribution is 2.29. The first-order valence-electron chi connectivity index (χ1n) is 7.86. The molecule has 2 N–H and O–H groups in total. The fourth-order valence-corrected chi connectivity index (χ4v) is 3.01. The Bertz CT molecular complexity index is 862. The number of aromatic nitrogens is 2. The van der Waals surface area contributed by atoms with Gasteiger partial charge in [-0.25, -0.2) is 0 Å². The van der Waals surface area contributed by atoms with Crippen LogP contribution in [-0.2, 0) is 11.2 Å². The van der Waals surface area contributed by atoms with E-state index >= 15 is 0 Å². The van der Waals surface area contributed by atoms with Crippen molar-refractivity contribution in [2.75, 3.05) is 5.32 Å². The second-order valence-corrected chi connectivity index (χ2v) is 5.92. The monoisotopic (exact) mass is 319 g/mol. The zero-order chi connectivity index (χ0) is 16.5. The van der Waals surface area contributed by atoms with Gasteiger partial charge in [-0.05, 0) is 41.8 Å². The highest BCUT2D eigenvalue weighted by molar-refractivity contribution is 5.95. The number of hydrogen-bond acceptors (Lipinski definition) is 3. The van der Waals surface area contributed by atoms with Gasteiger partial charge in [-0.1, -0.05) is 24.3 Å². The first kappa shape index (κ1) is 14.5. The summed E-state index contributed by atoms with van der Waals surface area (Å²) >= 11 is 0. The number of nitrogens with zero attached hydrogens (tertiary/aromatic N) is 1. The summed E-state index contributed by atoms with van der Waals surface area (Å²) in [6.45, 7) is 2.01. The van der Waals surface area contributed by atoms with Crippen LogP contribution >= 0.6 is 0 Å². The second-order valence-electron chi connectivity index (χ2n) is 5.92. The van der Waals surface area contributed by atoms with Crippen LogP contribution in [0.1, 0.15) is 11.1 Å². The number of rotatable bonds is 3. The van der Waals surface area contributed by atoms with Gasteiger partial charge in [0.15, 0.2) is 6.10 Å². The van der Waals surface area contributed by atoms with Gasteiger partial charge in [-0.2, -0.15) is 5.10 Å². The summed E-state index contributed by atoms with van der Waals surface area (Å²) in [6, 6.07) is 13.6. The number of aromatic amines is 1. The normalized spacial score (nSPS) is 15.6. The first-order valence-corrected chi connectivity index (χ1v) is 7.86. The van der Waals surface area contributed by atoms with Crippen LogP contribution in [0.3, 0.4) is 0 Å². The number of nitrogens with one attached hydrogen (secondary N) is 2. The number of benzene rings is 2. The second kappa shape index (κ2) is 5.85. The van der Waals surface area contributed by atoms with Crippen LogP contribution in [-0.4, -0.2) is 22.2 Å². The smallest absolute Gasteiger partial charge is 0.265 e. The van der Waals surface area contributed by atoms with Crippen LogP contribution in [0.15, 0.2) is 54.9 Å². The van der Waals surface area contributed by atoms with Crippen LogP contribution < -0.4 is 10.1 Å². The molecule has 1 atom stereocenters. The third-order valence-corrected chi connectivity index (χ3v) is 4.24. The van der Waals surface area contributed by atoms with Crippen LogP contribution in [0.4, 0.5) is 5.69 Å². The summed E-state index contributed by atoms with van der Waals surface area (Å²) in [5.74, 6) is 0.672. The fraction of sp³-hybridized carbons (Fsp3) is 0.158. The average Bonchev–Trinajstić information content (AvgIpc) is 3.24. The number of ether oxygens (including phenoxy) is 1. The van der Waals surface area contributed by atoms with Crippen LogP contribution in [0.25, 0.3) is 11.1 Å². The Labute approximate surface area is 139 Å². The molecule has 3 aromatic rings. The van der Waals surface area contributed by atoms with Gasteiger partial charge < -0.3 is 10.1 Å². The molecule has 0 aliphatic carbocycles. The quantitative estimate of drug-likeness (QED) is 0.778. The number of fused-ring (bicyclic) bond motifs is 1. The summed E-state index contributed by atoms with van der Waals surface area (Å²) in [4.78, 5) is 12.5. The summed E-state index contributed by atoms with van der Waals surface area (Å²) in [6.07, 6.45) is 3.76. The van der Waals surface area contributed by atoms with Crippen molar-refractivity contribution in [3.05, 3.63) is 66.0 Å². The van der Waals surface area contributed by atoms with Gasteiger partial charge in [0, 0.05) is 23.9 Å². The van der Waals surface area contributed by atoms with Crippen molar-refractivity contribution >= 4 is 11.6 Å². The molecule has 5 heteroatoms. The molecule has 2 aromatic carbocycles. The predicted octanol–water partition coefficient (Wildman–Crippen LogP) is 3.33. The van der Waals surface area contributed by atoms with Crippen LogP contribution in [0, 0.1) is 6.92 Å². The lowest BCUT2D eigenvalue weighted by Crippen LogP contribution is -2.31. The van der Waals surface area contributed by atoms with E-state index in [0.29, 0.717) is 6.42 Å². The Hall–Kier alpha value is -3.08. The van der Waals surface area contributed by atoms with E-state index in [2.05, 4.69) is 15.5 Å². The molecular weight excluding hydrogens is 302 g/mol. The predicted molar refractivity (Wildman–Crippen MR) is 92.0 cm³/mol. The van der Waals surface area contributed by atoms with Gasteiger partial charge >= 0.3 is 0 Å². The SMILES string of the molecule is Cc1cc(NC(=O)C2Cc3ccccc3O2)ccc1-c1cn[nH]c1. The van der Waals surface area contributed by atoms with Crippen molar-refractivity contribution in [3.8, 4) is 16.9 Å². The summed E-state index contributed by atoms with van der Waals surface area (Å²) in [5.41, 5.74) is 5.03. The Kier molecular flexibility index (Phi) is 3.54. The number of carbonyl (C=O) groups excluding carboxylic acids is 1. The zero-order valence-electron chi connectivity index (χ0n) is 13.2. The highest BCUT2D eigenvalue weighted by Gasteiger charge is 2.28. The van der Waals surface area contributed by atoms with E-state index < -0.39 is 6.10 Å². The molecule has 1 unspecified atom stereocenters. The topological polar surface area (TPSA) is 67.0 Å². The van der Waals surface area contributed by atoms with Gasteiger partial charge in [0.05, 0.1) is 6.20 Å². The van der Waals surface area contributed by atoms with Gasteiger partial charge in [0.2, 0.25) is 0 Å². The van der Waals surface area contributed by atoms with E-state index in [1.165, 1.54) is 0 Å². The maximum atomic E-state index is 12.5. The maximum Gasteiger partial charge on any atom is 0.265 e. The van der Waals surface area contributed by atoms with Crippen molar-refractivity contribution in [1.82, 2.24) is 10.2 Å². The third kappa shape index (κ3) is 2.65. The van der Waals surface area contributed by atoms with E-state index in [9.17, 15) is 4.79 Å². The molecule has 2 heterocycles. The molecule has 0 saturated heterocycles. The van der Waals surface area contributed by atoms with Crippen molar-refractivity contribution in [1.29, 1.82) is 0 Å². The molecule has 24 heavy (non-hydrogen) atoms. The van der Waals surface area contributed by atoms with Crippen LogP contribution in [0.5, 0.6) is 5.75 Å². The van der Waals surface area contributed by atoms with E-state index in [-0.39, 0.29) is 5.91 Å². The van der Waals surface area contributed by atoms with Crippen molar-refractivity contribution in [3.63, 3.8) is 0 Å². The molecule has 1 aliphatic rings. The number of amides is 1. The lowest BCUT2D eigenvalue weighted by molar-refractivity contribution is -0.122. The Morgan fingerprint density at radius 3 is 2.92 bits per heavy atom. The standard InChI is InChI=1S/C19H17N3O2/c1-12-8-15(6-7-16(12)14-10-20-21-11-14)22-19(23)18-9-13-4-2-3-5-17(13)24-18/h2-8,10-11,18H,9H2,1H3,(H,20,21)(H,22,23). The minimum atomic E-state index is -0.476. The number of carbonyl (C=O) groups is 1. The minimum Gasteiger partial charge on any atom is -0.480 e. The maximum absolute atomic E-state index is 12.5. The molecule has 4 rings (SSSR count). The number of para-hydroxylation sites is 1. The highest BCUT2D eigenvalue weighted by atomic mass is 16.5. The third-order valence-electron chi connectivity index (χ3n) is 4.24. The molecular formula is C19H17N3O2. The Morgan fingerprint density at radius 1 is 1.29 bits per heavy atom. The molecule has 1 aromatic heterocycles. The van der Waals surface area contributed by atoms with Crippen molar-refractivity contribution < 1.29 is 9.53 Å². The van der Waals surface area contributed by atoms with Crippen LogP contribution in [0.2, 0.25) is 0 Å². The van der Waals surface area contributed by atoms with E-state index in [0.717, 1.165) is 33.7 Å². The molecule has 0 bridgehead atoms. The molecule has 1 amide bonds. The van der Waals surface area contributed by atoms with E-state index in [4.69, 9.17) is 4.74 Å². The molecule has 0 radical (unpaired) electrons. The largest absolute Gasteiger partial charge is 0.480 e. The number of aryl methyl sites for hydroxylation is 1. The molecule has 0 saturated carbocycles. The fourth-order valence-electron chi connectivity index (χ4n) is 3.01.